The highest BCUT2D eigenvalue weighted by Crippen LogP contribution is 2.21. The van der Waals surface area contributed by atoms with Gasteiger partial charge in [-0.05, 0) is 43.7 Å². The molecule has 0 aliphatic rings. The summed E-state index contributed by atoms with van der Waals surface area (Å²) in [5, 5.41) is 2.92. The standard InChI is InChI=1S/C22H22N2O3S/c1-16-12-14-18(15-13-16)17(2)23-22(25)20-10-6-7-11-21(20)24-28(26,27)19-8-4-3-5-9-19/h3-15,17,24H,1-2H3,(H,23,25)/t17-/m1/s1. The third kappa shape index (κ3) is 4.58. The first-order chi connectivity index (χ1) is 13.4. The number of sulfonamides is 1. The number of hydrogen-bond donors (Lipinski definition) is 2. The van der Waals surface area contributed by atoms with Gasteiger partial charge in [-0.3, -0.25) is 9.52 Å². The van der Waals surface area contributed by atoms with Crippen molar-refractivity contribution >= 4 is 21.6 Å². The Balaban J connectivity index is 1.81. The third-order valence-electron chi connectivity index (χ3n) is 4.39. The van der Waals surface area contributed by atoms with Crippen molar-refractivity contribution < 1.29 is 13.2 Å². The van der Waals surface area contributed by atoms with Gasteiger partial charge < -0.3 is 5.32 Å². The zero-order valence-electron chi connectivity index (χ0n) is 15.7. The highest BCUT2D eigenvalue weighted by molar-refractivity contribution is 7.92. The maximum Gasteiger partial charge on any atom is 0.261 e. The predicted molar refractivity (Wildman–Crippen MR) is 111 cm³/mol. The molecule has 3 aromatic carbocycles. The van der Waals surface area contributed by atoms with Gasteiger partial charge in [-0.25, -0.2) is 8.42 Å². The minimum atomic E-state index is -3.78. The van der Waals surface area contributed by atoms with Crippen LogP contribution in [0, 0.1) is 6.92 Å². The number of para-hydroxylation sites is 1. The van der Waals surface area contributed by atoms with Crippen LogP contribution in [-0.2, 0) is 10.0 Å². The molecule has 0 fully saturated rings. The van der Waals surface area contributed by atoms with E-state index in [2.05, 4.69) is 10.0 Å². The van der Waals surface area contributed by atoms with Gasteiger partial charge in [0, 0.05) is 0 Å². The molecule has 0 heterocycles. The Morgan fingerprint density at radius 2 is 1.46 bits per heavy atom. The third-order valence-corrected chi connectivity index (χ3v) is 5.78. The summed E-state index contributed by atoms with van der Waals surface area (Å²) in [6, 6.07) is 22.3. The van der Waals surface area contributed by atoms with Gasteiger partial charge in [-0.2, -0.15) is 0 Å². The molecule has 0 spiro atoms. The van der Waals surface area contributed by atoms with Crippen molar-refractivity contribution in [3.63, 3.8) is 0 Å². The molecule has 0 saturated carbocycles. The Labute approximate surface area is 165 Å². The second kappa shape index (κ2) is 8.27. The van der Waals surface area contributed by atoms with E-state index in [9.17, 15) is 13.2 Å². The average Bonchev–Trinajstić information content (AvgIpc) is 2.69. The molecule has 0 saturated heterocycles. The van der Waals surface area contributed by atoms with Crippen LogP contribution in [0.5, 0.6) is 0 Å². The number of anilines is 1. The molecule has 0 bridgehead atoms. The molecule has 5 nitrogen and oxygen atoms in total. The van der Waals surface area contributed by atoms with Gasteiger partial charge in [0.05, 0.1) is 22.2 Å². The fraction of sp³-hybridized carbons (Fsp3) is 0.136. The highest BCUT2D eigenvalue weighted by Gasteiger charge is 2.19. The molecule has 0 aliphatic carbocycles. The molecule has 1 amide bonds. The van der Waals surface area contributed by atoms with Gasteiger partial charge in [0.1, 0.15) is 0 Å². The lowest BCUT2D eigenvalue weighted by molar-refractivity contribution is 0.0941. The van der Waals surface area contributed by atoms with Crippen LogP contribution in [0.2, 0.25) is 0 Å². The molecular weight excluding hydrogens is 372 g/mol. The van der Waals surface area contributed by atoms with Crippen LogP contribution in [0.15, 0.2) is 83.8 Å². The SMILES string of the molecule is Cc1ccc([C@@H](C)NC(=O)c2ccccc2NS(=O)(=O)c2ccccc2)cc1. The molecule has 3 aromatic rings. The zero-order valence-corrected chi connectivity index (χ0v) is 16.5. The lowest BCUT2D eigenvalue weighted by Gasteiger charge is -2.17. The fourth-order valence-corrected chi connectivity index (χ4v) is 3.89. The van der Waals surface area contributed by atoms with Crippen LogP contribution in [0.4, 0.5) is 5.69 Å². The first-order valence-electron chi connectivity index (χ1n) is 8.91. The van der Waals surface area contributed by atoms with E-state index in [1.165, 1.54) is 12.1 Å². The van der Waals surface area contributed by atoms with Gasteiger partial charge in [0.15, 0.2) is 0 Å². The van der Waals surface area contributed by atoms with Crippen molar-refractivity contribution in [1.29, 1.82) is 0 Å². The van der Waals surface area contributed by atoms with Crippen LogP contribution in [-0.4, -0.2) is 14.3 Å². The van der Waals surface area contributed by atoms with Crippen molar-refractivity contribution in [2.24, 2.45) is 0 Å². The number of carbonyl (C=O) groups excluding carboxylic acids is 1. The quantitative estimate of drug-likeness (QED) is 0.655. The first-order valence-corrected chi connectivity index (χ1v) is 10.4. The summed E-state index contributed by atoms with van der Waals surface area (Å²) in [6.45, 7) is 3.89. The minimum absolute atomic E-state index is 0.137. The van der Waals surface area contributed by atoms with E-state index in [0.29, 0.717) is 0 Å². The number of carbonyl (C=O) groups is 1. The van der Waals surface area contributed by atoms with Crippen LogP contribution in [0.3, 0.4) is 0 Å². The maximum atomic E-state index is 12.8. The van der Waals surface area contributed by atoms with E-state index in [1.807, 2.05) is 38.1 Å². The van der Waals surface area contributed by atoms with Crippen molar-refractivity contribution in [2.75, 3.05) is 4.72 Å². The molecule has 6 heteroatoms. The van der Waals surface area contributed by atoms with Crippen molar-refractivity contribution in [3.8, 4) is 0 Å². The molecule has 0 aliphatic heterocycles. The van der Waals surface area contributed by atoms with Gasteiger partial charge >= 0.3 is 0 Å². The number of amides is 1. The summed E-state index contributed by atoms with van der Waals surface area (Å²) in [5.74, 6) is -0.348. The maximum absolute atomic E-state index is 12.8. The Bertz CT molecular complexity index is 1060. The lowest BCUT2D eigenvalue weighted by atomic mass is 10.1. The van der Waals surface area contributed by atoms with Crippen LogP contribution in [0.1, 0.15) is 34.5 Å². The summed E-state index contributed by atoms with van der Waals surface area (Å²) in [5.41, 5.74) is 2.62. The molecule has 1 atom stereocenters. The van der Waals surface area contributed by atoms with Crippen molar-refractivity contribution in [2.45, 2.75) is 24.8 Å². The van der Waals surface area contributed by atoms with Gasteiger partial charge in [0.2, 0.25) is 0 Å². The van der Waals surface area contributed by atoms with E-state index in [1.54, 1.807) is 42.5 Å². The van der Waals surface area contributed by atoms with E-state index in [4.69, 9.17) is 0 Å². The lowest BCUT2D eigenvalue weighted by Crippen LogP contribution is -2.28. The summed E-state index contributed by atoms with van der Waals surface area (Å²) >= 11 is 0. The van der Waals surface area contributed by atoms with E-state index < -0.39 is 10.0 Å². The van der Waals surface area contributed by atoms with E-state index in [-0.39, 0.29) is 28.1 Å². The van der Waals surface area contributed by atoms with Gasteiger partial charge in [-0.15, -0.1) is 0 Å². The number of aryl methyl sites for hydroxylation is 1. The van der Waals surface area contributed by atoms with Crippen LogP contribution < -0.4 is 10.0 Å². The molecule has 0 unspecified atom stereocenters. The Hall–Kier alpha value is -3.12. The number of benzene rings is 3. The largest absolute Gasteiger partial charge is 0.345 e. The number of nitrogens with one attached hydrogen (secondary N) is 2. The monoisotopic (exact) mass is 394 g/mol. The Morgan fingerprint density at radius 3 is 2.14 bits per heavy atom. The predicted octanol–water partition coefficient (Wildman–Crippen LogP) is 4.29. The minimum Gasteiger partial charge on any atom is -0.345 e. The van der Waals surface area contributed by atoms with Crippen LogP contribution >= 0.6 is 0 Å². The van der Waals surface area contributed by atoms with Crippen molar-refractivity contribution in [1.82, 2.24) is 5.32 Å². The van der Waals surface area contributed by atoms with E-state index in [0.717, 1.165) is 11.1 Å². The average molecular weight is 394 g/mol. The molecular formula is C22H22N2O3S. The Morgan fingerprint density at radius 1 is 0.857 bits per heavy atom. The Kier molecular flexibility index (Phi) is 5.80. The normalized spacial score (nSPS) is 12.2. The summed E-state index contributed by atoms with van der Waals surface area (Å²) < 4.78 is 27.7. The second-order valence-corrected chi connectivity index (χ2v) is 8.25. The van der Waals surface area contributed by atoms with E-state index >= 15 is 0 Å². The first kappa shape index (κ1) is 19.6. The molecule has 0 aromatic heterocycles. The van der Waals surface area contributed by atoms with Gasteiger partial charge in [0.25, 0.3) is 15.9 Å². The summed E-state index contributed by atoms with van der Waals surface area (Å²) in [7, 11) is -3.78. The second-order valence-electron chi connectivity index (χ2n) is 6.57. The zero-order chi connectivity index (χ0) is 20.1. The topological polar surface area (TPSA) is 75.3 Å². The smallest absolute Gasteiger partial charge is 0.261 e. The van der Waals surface area contributed by atoms with Crippen molar-refractivity contribution in [3.05, 3.63) is 95.6 Å². The summed E-state index contributed by atoms with van der Waals surface area (Å²) in [4.78, 5) is 12.9. The molecule has 0 radical (unpaired) electrons. The molecule has 144 valence electrons. The number of hydrogen-bond acceptors (Lipinski definition) is 3. The van der Waals surface area contributed by atoms with Crippen LogP contribution in [0.25, 0.3) is 0 Å². The number of rotatable bonds is 6. The fourth-order valence-electron chi connectivity index (χ4n) is 2.79. The molecule has 28 heavy (non-hydrogen) atoms. The molecule has 2 N–H and O–H groups in total. The molecule has 3 rings (SSSR count). The van der Waals surface area contributed by atoms with Gasteiger partial charge in [-0.1, -0.05) is 60.2 Å². The highest BCUT2D eigenvalue weighted by atomic mass is 32.2. The summed E-state index contributed by atoms with van der Waals surface area (Å²) in [6.07, 6.45) is 0.